The lowest BCUT2D eigenvalue weighted by Gasteiger charge is -2.34. The summed E-state index contributed by atoms with van der Waals surface area (Å²) in [4.78, 5) is 9.94. The smallest absolute Gasteiger partial charge is 0.271 e. The molecule has 1 fully saturated rings. The van der Waals surface area contributed by atoms with Gasteiger partial charge in [0.15, 0.2) is 0 Å². The molecule has 0 aromatic heterocycles. The summed E-state index contributed by atoms with van der Waals surface area (Å²) in [7, 11) is -3.80. The molecule has 2 N–H and O–H groups in total. The molecule has 116 valence electrons. The minimum Gasteiger partial charge on any atom is -0.397 e. The lowest BCUT2D eigenvalue weighted by molar-refractivity contribution is -0.384. The van der Waals surface area contributed by atoms with Crippen molar-refractivity contribution in [2.45, 2.75) is 31.0 Å². The summed E-state index contributed by atoms with van der Waals surface area (Å²) in [5, 5.41) is 10.7. The molecule has 2 unspecified atom stereocenters. The molecule has 1 aromatic rings. The van der Waals surface area contributed by atoms with Gasteiger partial charge < -0.3 is 10.5 Å². The van der Waals surface area contributed by atoms with Crippen LogP contribution in [0.25, 0.3) is 0 Å². The summed E-state index contributed by atoms with van der Waals surface area (Å²) in [5.74, 6) is 0. The van der Waals surface area contributed by atoms with E-state index in [4.69, 9.17) is 10.5 Å². The lowest BCUT2D eigenvalue weighted by Crippen LogP contribution is -2.48. The van der Waals surface area contributed by atoms with E-state index in [0.717, 1.165) is 12.1 Å². The van der Waals surface area contributed by atoms with E-state index in [1.54, 1.807) is 13.8 Å². The van der Waals surface area contributed by atoms with Crippen LogP contribution in [0, 0.1) is 10.1 Å². The summed E-state index contributed by atoms with van der Waals surface area (Å²) < 4.78 is 32.0. The van der Waals surface area contributed by atoms with Crippen molar-refractivity contribution in [1.82, 2.24) is 4.31 Å². The fourth-order valence-electron chi connectivity index (χ4n) is 2.35. The number of non-ortho nitro benzene ring substituents is 1. The first-order valence-corrected chi connectivity index (χ1v) is 7.85. The molecular weight excluding hydrogens is 298 g/mol. The molecule has 1 heterocycles. The summed E-state index contributed by atoms with van der Waals surface area (Å²) >= 11 is 0. The Kier molecular flexibility index (Phi) is 4.17. The van der Waals surface area contributed by atoms with Gasteiger partial charge >= 0.3 is 0 Å². The van der Waals surface area contributed by atoms with Crippen LogP contribution in [0.5, 0.6) is 0 Å². The molecule has 0 amide bonds. The van der Waals surface area contributed by atoms with Crippen LogP contribution < -0.4 is 5.73 Å². The predicted octanol–water partition coefficient (Wildman–Crippen LogP) is 0.975. The van der Waals surface area contributed by atoms with Crippen molar-refractivity contribution in [1.29, 1.82) is 0 Å². The van der Waals surface area contributed by atoms with Crippen LogP contribution in [0.4, 0.5) is 11.4 Å². The molecule has 21 heavy (non-hydrogen) atoms. The number of ether oxygens (including phenoxy) is 1. The van der Waals surface area contributed by atoms with Crippen molar-refractivity contribution in [3.8, 4) is 0 Å². The Bertz CT molecular complexity index is 651. The second-order valence-corrected chi connectivity index (χ2v) is 6.96. The molecule has 0 radical (unpaired) electrons. The largest absolute Gasteiger partial charge is 0.397 e. The molecular formula is C12H17N3O5S. The third kappa shape index (κ3) is 3.14. The van der Waals surface area contributed by atoms with E-state index in [1.165, 1.54) is 10.4 Å². The fraction of sp³-hybridized carbons (Fsp3) is 0.500. The Hall–Kier alpha value is -1.71. The maximum atomic E-state index is 12.6. The first-order chi connectivity index (χ1) is 9.71. The number of rotatable bonds is 3. The number of nitro groups is 1. The van der Waals surface area contributed by atoms with Gasteiger partial charge in [-0.05, 0) is 19.9 Å². The molecule has 8 nitrogen and oxygen atoms in total. The monoisotopic (exact) mass is 315 g/mol. The third-order valence-corrected chi connectivity index (χ3v) is 5.11. The zero-order valence-electron chi connectivity index (χ0n) is 11.7. The first kappa shape index (κ1) is 15.7. The van der Waals surface area contributed by atoms with Gasteiger partial charge in [-0.2, -0.15) is 4.31 Å². The molecule has 1 aliphatic heterocycles. The molecule has 1 aromatic carbocycles. The number of nitrogens with zero attached hydrogens (tertiary/aromatic N) is 2. The molecule has 0 spiro atoms. The van der Waals surface area contributed by atoms with Crippen LogP contribution in [-0.2, 0) is 14.8 Å². The summed E-state index contributed by atoms with van der Waals surface area (Å²) in [6.07, 6.45) is -0.439. The molecule has 0 saturated carbocycles. The van der Waals surface area contributed by atoms with E-state index in [1.807, 2.05) is 0 Å². The summed E-state index contributed by atoms with van der Waals surface area (Å²) in [6.45, 7) is 4.03. The average molecular weight is 315 g/mol. The lowest BCUT2D eigenvalue weighted by atomic mass is 10.3. The summed E-state index contributed by atoms with van der Waals surface area (Å²) in [6, 6.07) is 3.37. The minimum absolute atomic E-state index is 0.116. The number of benzene rings is 1. The van der Waals surface area contributed by atoms with Crippen molar-refractivity contribution in [2.24, 2.45) is 0 Å². The highest BCUT2D eigenvalue weighted by molar-refractivity contribution is 7.89. The van der Waals surface area contributed by atoms with Crippen molar-refractivity contribution in [3.05, 3.63) is 28.3 Å². The zero-order chi connectivity index (χ0) is 15.8. The van der Waals surface area contributed by atoms with Crippen LogP contribution in [0.2, 0.25) is 0 Å². The van der Waals surface area contributed by atoms with Crippen molar-refractivity contribution in [3.63, 3.8) is 0 Å². The van der Waals surface area contributed by atoms with Gasteiger partial charge in [0.1, 0.15) is 4.90 Å². The first-order valence-electron chi connectivity index (χ1n) is 6.41. The van der Waals surface area contributed by atoms with Crippen molar-refractivity contribution < 1.29 is 18.1 Å². The molecule has 9 heteroatoms. The number of sulfonamides is 1. The number of morpholine rings is 1. The number of hydrogen-bond acceptors (Lipinski definition) is 6. The van der Waals surface area contributed by atoms with E-state index < -0.39 is 14.9 Å². The Morgan fingerprint density at radius 3 is 2.38 bits per heavy atom. The maximum absolute atomic E-state index is 12.6. The zero-order valence-corrected chi connectivity index (χ0v) is 12.5. The van der Waals surface area contributed by atoms with Crippen LogP contribution in [0.1, 0.15) is 13.8 Å². The second-order valence-electron chi connectivity index (χ2n) is 5.06. The average Bonchev–Trinajstić information content (AvgIpc) is 2.36. The Morgan fingerprint density at radius 2 is 1.90 bits per heavy atom. The van der Waals surface area contributed by atoms with E-state index in [0.29, 0.717) is 0 Å². The number of hydrogen-bond donors (Lipinski definition) is 1. The van der Waals surface area contributed by atoms with E-state index >= 15 is 0 Å². The third-order valence-electron chi connectivity index (χ3n) is 3.21. The predicted molar refractivity (Wildman–Crippen MR) is 76.3 cm³/mol. The van der Waals surface area contributed by atoms with Gasteiger partial charge in [0, 0.05) is 25.2 Å². The Labute approximate surface area is 122 Å². The highest BCUT2D eigenvalue weighted by Crippen LogP contribution is 2.28. The number of nitrogens with two attached hydrogens (primary N) is 1. The van der Waals surface area contributed by atoms with Crippen LogP contribution in [0.15, 0.2) is 23.1 Å². The highest BCUT2D eigenvalue weighted by atomic mass is 32.2. The standard InChI is InChI=1S/C12H17N3O5S/c1-8-6-14(7-9(2)20-8)21(18,19)12-4-3-10(15(16)17)5-11(12)13/h3-5,8-9H,6-7,13H2,1-2H3. The van der Waals surface area contributed by atoms with Crippen LogP contribution >= 0.6 is 0 Å². The maximum Gasteiger partial charge on any atom is 0.271 e. The van der Waals surface area contributed by atoms with Crippen LogP contribution in [0.3, 0.4) is 0 Å². The van der Waals surface area contributed by atoms with Gasteiger partial charge in [0.05, 0.1) is 22.8 Å². The van der Waals surface area contributed by atoms with E-state index in [-0.39, 0.29) is 41.6 Å². The SMILES string of the molecule is CC1CN(S(=O)(=O)c2ccc([N+](=O)[O-])cc2N)CC(C)O1. The van der Waals surface area contributed by atoms with Gasteiger partial charge in [-0.1, -0.05) is 0 Å². The van der Waals surface area contributed by atoms with Gasteiger partial charge in [0.2, 0.25) is 10.0 Å². The van der Waals surface area contributed by atoms with Crippen molar-refractivity contribution >= 4 is 21.4 Å². The van der Waals surface area contributed by atoms with Gasteiger partial charge in [-0.15, -0.1) is 0 Å². The Morgan fingerprint density at radius 1 is 1.33 bits per heavy atom. The topological polar surface area (TPSA) is 116 Å². The number of anilines is 1. The number of nitro benzene ring substituents is 1. The highest BCUT2D eigenvalue weighted by Gasteiger charge is 2.33. The van der Waals surface area contributed by atoms with Crippen LogP contribution in [-0.4, -0.2) is 42.9 Å². The molecule has 2 atom stereocenters. The molecule has 1 aliphatic rings. The minimum atomic E-state index is -3.80. The van der Waals surface area contributed by atoms with E-state index in [9.17, 15) is 18.5 Å². The number of nitrogen functional groups attached to an aromatic ring is 1. The van der Waals surface area contributed by atoms with Crippen molar-refractivity contribution in [2.75, 3.05) is 18.8 Å². The molecule has 2 rings (SSSR count). The quantitative estimate of drug-likeness (QED) is 0.505. The second kappa shape index (κ2) is 5.58. The molecule has 0 aliphatic carbocycles. The van der Waals surface area contributed by atoms with Gasteiger partial charge in [-0.25, -0.2) is 8.42 Å². The Balaban J connectivity index is 2.37. The molecule has 0 bridgehead atoms. The normalized spacial score (nSPS) is 23.9. The van der Waals surface area contributed by atoms with Gasteiger partial charge in [0.25, 0.3) is 5.69 Å². The molecule has 1 saturated heterocycles. The summed E-state index contributed by atoms with van der Waals surface area (Å²) in [5.41, 5.74) is 5.31. The van der Waals surface area contributed by atoms with E-state index in [2.05, 4.69) is 0 Å². The van der Waals surface area contributed by atoms with Gasteiger partial charge in [-0.3, -0.25) is 10.1 Å². The fourth-order valence-corrected chi connectivity index (χ4v) is 4.04.